The molecule has 0 spiro atoms. The standard InChI is InChI=1S/C62H90O6/c1-4-7-10-13-16-19-22-25-28-30-32-34-37-40-43-46-49-52-55-61(64)67-58-59(57-66-60(63)54-51-48-45-42-39-36-33-27-24-21-18-15-12-9-6-3)68-62(65)56-53-50-47-44-41-38-35-31-29-26-23-20-17-14-11-8-5-2/h8-9,11-12,14-36,38-39,41,59H,4-7,10,13,37,40,42-58H2,1-3H3/b11-8-,12-9-,17-14-,18-15-,19-16-,23-20-,24-21-,25-22-,29-26-,30-28-,33-27-,34-32-,35-31+,39-36-,41-38-. The first-order chi connectivity index (χ1) is 33.5. The van der Waals surface area contributed by atoms with Crippen LogP contribution in [0, 0.1) is 0 Å². The number of hydrogen-bond donors (Lipinski definition) is 0. The van der Waals surface area contributed by atoms with Crippen molar-refractivity contribution in [2.75, 3.05) is 13.2 Å². The maximum absolute atomic E-state index is 12.8. The van der Waals surface area contributed by atoms with Crippen LogP contribution in [0.25, 0.3) is 0 Å². The fourth-order valence-corrected chi connectivity index (χ4v) is 6.15. The smallest absolute Gasteiger partial charge is 0.306 e. The molecule has 0 aromatic carbocycles. The zero-order valence-electron chi connectivity index (χ0n) is 42.5. The molecule has 1 atom stereocenters. The molecule has 0 radical (unpaired) electrons. The molecule has 0 N–H and O–H groups in total. The highest BCUT2D eigenvalue weighted by atomic mass is 16.6. The Morgan fingerprint density at radius 1 is 0.309 bits per heavy atom. The van der Waals surface area contributed by atoms with Crippen molar-refractivity contribution in [1.82, 2.24) is 0 Å². The van der Waals surface area contributed by atoms with E-state index < -0.39 is 6.10 Å². The molecule has 0 aliphatic carbocycles. The van der Waals surface area contributed by atoms with Gasteiger partial charge in [0.05, 0.1) is 0 Å². The topological polar surface area (TPSA) is 78.9 Å². The molecule has 1 unspecified atom stereocenters. The average molecular weight is 931 g/mol. The van der Waals surface area contributed by atoms with E-state index in [1.807, 2.05) is 109 Å². The zero-order valence-corrected chi connectivity index (χ0v) is 42.5. The van der Waals surface area contributed by atoms with Crippen molar-refractivity contribution < 1.29 is 28.6 Å². The molecule has 0 aromatic heterocycles. The quantitative estimate of drug-likeness (QED) is 0.0262. The summed E-state index contributed by atoms with van der Waals surface area (Å²) in [5, 5.41) is 0. The maximum Gasteiger partial charge on any atom is 0.306 e. The molecule has 0 aliphatic rings. The minimum Gasteiger partial charge on any atom is -0.462 e. The minimum atomic E-state index is -0.841. The van der Waals surface area contributed by atoms with E-state index in [0.29, 0.717) is 19.3 Å². The second kappa shape index (κ2) is 54.1. The molecule has 6 heteroatoms. The van der Waals surface area contributed by atoms with Gasteiger partial charge in [0.15, 0.2) is 6.10 Å². The summed E-state index contributed by atoms with van der Waals surface area (Å²) in [5.74, 6) is -1.06. The molecular weight excluding hydrogens is 841 g/mol. The first kappa shape index (κ1) is 62.5. The van der Waals surface area contributed by atoms with Gasteiger partial charge in [0.25, 0.3) is 0 Å². The van der Waals surface area contributed by atoms with Gasteiger partial charge in [-0.2, -0.15) is 0 Å². The molecular formula is C62H90O6. The van der Waals surface area contributed by atoms with Crippen molar-refractivity contribution in [3.63, 3.8) is 0 Å². The molecule has 0 amide bonds. The van der Waals surface area contributed by atoms with Crippen LogP contribution in [0.3, 0.4) is 0 Å². The van der Waals surface area contributed by atoms with Crippen LogP contribution in [0.4, 0.5) is 0 Å². The molecule has 0 heterocycles. The van der Waals surface area contributed by atoms with E-state index in [0.717, 1.165) is 96.3 Å². The van der Waals surface area contributed by atoms with Gasteiger partial charge >= 0.3 is 17.9 Å². The number of allylic oxidation sites excluding steroid dienone is 30. The molecule has 0 saturated heterocycles. The maximum atomic E-state index is 12.8. The zero-order chi connectivity index (χ0) is 49.3. The average Bonchev–Trinajstić information content (AvgIpc) is 3.34. The first-order valence-corrected chi connectivity index (χ1v) is 26.0. The normalized spacial score (nSPS) is 13.6. The molecule has 0 saturated carbocycles. The summed E-state index contributed by atoms with van der Waals surface area (Å²) < 4.78 is 16.7. The lowest BCUT2D eigenvalue weighted by molar-refractivity contribution is -0.167. The van der Waals surface area contributed by atoms with E-state index in [9.17, 15) is 14.4 Å². The van der Waals surface area contributed by atoms with Crippen molar-refractivity contribution in [2.24, 2.45) is 0 Å². The van der Waals surface area contributed by atoms with Crippen molar-refractivity contribution in [3.05, 3.63) is 182 Å². The Labute approximate surface area is 414 Å². The summed E-state index contributed by atoms with van der Waals surface area (Å²) in [7, 11) is 0. The van der Waals surface area contributed by atoms with Gasteiger partial charge in [0, 0.05) is 19.3 Å². The van der Waals surface area contributed by atoms with E-state index in [2.05, 4.69) is 93.7 Å². The van der Waals surface area contributed by atoms with Gasteiger partial charge in [-0.05, 0) is 83.5 Å². The highest BCUT2D eigenvalue weighted by Gasteiger charge is 2.19. The predicted octanol–water partition coefficient (Wildman–Crippen LogP) is 17.4. The van der Waals surface area contributed by atoms with Crippen LogP contribution >= 0.6 is 0 Å². The summed E-state index contributed by atoms with van der Waals surface area (Å²) in [6.07, 6.45) is 81.5. The predicted molar refractivity (Wildman–Crippen MR) is 292 cm³/mol. The van der Waals surface area contributed by atoms with E-state index in [4.69, 9.17) is 14.2 Å². The third-order valence-corrected chi connectivity index (χ3v) is 10.0. The Hall–Kier alpha value is -5.49. The van der Waals surface area contributed by atoms with Crippen LogP contribution in [0.15, 0.2) is 182 Å². The fourth-order valence-electron chi connectivity index (χ4n) is 6.15. The van der Waals surface area contributed by atoms with Gasteiger partial charge in [-0.15, -0.1) is 0 Å². The molecule has 0 rings (SSSR count). The monoisotopic (exact) mass is 931 g/mol. The van der Waals surface area contributed by atoms with Crippen molar-refractivity contribution in [2.45, 2.75) is 175 Å². The summed E-state index contributed by atoms with van der Waals surface area (Å²) >= 11 is 0. The van der Waals surface area contributed by atoms with Crippen molar-refractivity contribution >= 4 is 17.9 Å². The molecule has 0 aromatic rings. The highest BCUT2D eigenvalue weighted by molar-refractivity contribution is 5.71. The summed E-state index contributed by atoms with van der Waals surface area (Å²) in [6.45, 7) is 6.18. The van der Waals surface area contributed by atoms with Crippen LogP contribution < -0.4 is 0 Å². The van der Waals surface area contributed by atoms with Gasteiger partial charge < -0.3 is 14.2 Å². The number of carbonyl (C=O) groups is 3. The number of hydrogen-bond acceptors (Lipinski definition) is 6. The van der Waals surface area contributed by atoms with E-state index in [1.54, 1.807) is 0 Å². The Balaban J connectivity index is 4.66. The summed E-state index contributed by atoms with van der Waals surface area (Å²) in [4.78, 5) is 38.0. The fraction of sp³-hybridized carbons (Fsp3) is 0.468. The second-order valence-electron chi connectivity index (χ2n) is 16.3. The Kier molecular flexibility index (Phi) is 49.7. The van der Waals surface area contributed by atoms with Crippen LogP contribution in [-0.2, 0) is 28.6 Å². The summed E-state index contributed by atoms with van der Waals surface area (Å²) in [6, 6.07) is 0. The van der Waals surface area contributed by atoms with Gasteiger partial charge in [-0.1, -0.05) is 248 Å². The Bertz CT molecular complexity index is 1680. The lowest BCUT2D eigenvalue weighted by Gasteiger charge is -2.18. The minimum absolute atomic E-state index is 0.134. The van der Waals surface area contributed by atoms with Gasteiger partial charge in [0.1, 0.15) is 13.2 Å². The van der Waals surface area contributed by atoms with Crippen molar-refractivity contribution in [3.8, 4) is 0 Å². The number of carbonyl (C=O) groups excluding carboxylic acids is 3. The van der Waals surface area contributed by atoms with Gasteiger partial charge in [0.2, 0.25) is 0 Å². The highest BCUT2D eigenvalue weighted by Crippen LogP contribution is 2.11. The second-order valence-corrected chi connectivity index (χ2v) is 16.3. The van der Waals surface area contributed by atoms with Crippen LogP contribution in [-0.4, -0.2) is 37.2 Å². The Morgan fingerprint density at radius 2 is 0.574 bits per heavy atom. The number of rotatable bonds is 43. The number of unbranched alkanes of at least 4 members (excludes halogenated alkanes) is 14. The summed E-state index contributed by atoms with van der Waals surface area (Å²) in [5.41, 5.74) is 0. The third-order valence-electron chi connectivity index (χ3n) is 10.0. The number of esters is 3. The third kappa shape index (κ3) is 51.5. The van der Waals surface area contributed by atoms with E-state index >= 15 is 0 Å². The van der Waals surface area contributed by atoms with Crippen LogP contribution in [0.5, 0.6) is 0 Å². The lowest BCUT2D eigenvalue weighted by atomic mass is 10.1. The molecule has 0 fully saturated rings. The molecule has 68 heavy (non-hydrogen) atoms. The largest absolute Gasteiger partial charge is 0.462 e. The number of ether oxygens (including phenoxy) is 3. The van der Waals surface area contributed by atoms with E-state index in [-0.39, 0.29) is 44.0 Å². The first-order valence-electron chi connectivity index (χ1n) is 26.0. The molecule has 6 nitrogen and oxygen atoms in total. The molecule has 0 bridgehead atoms. The van der Waals surface area contributed by atoms with Gasteiger partial charge in [-0.25, -0.2) is 0 Å². The van der Waals surface area contributed by atoms with Crippen LogP contribution in [0.1, 0.15) is 168 Å². The molecule has 0 aliphatic heterocycles. The van der Waals surface area contributed by atoms with Crippen molar-refractivity contribution in [1.29, 1.82) is 0 Å². The van der Waals surface area contributed by atoms with E-state index in [1.165, 1.54) is 19.3 Å². The molecule has 374 valence electrons. The SMILES string of the molecule is CC\C=C/C=C\C=C/C=C\C=C/CCCCCC(=O)OCC(COC(=O)CCCCCCC\C=C/C=C\C=C/C=C\CCCCC)OC(=O)CCCCC\C=C/C=C/C=C\C=C/C=C\C=C/CC. The van der Waals surface area contributed by atoms with Gasteiger partial charge in [-0.3, -0.25) is 14.4 Å². The van der Waals surface area contributed by atoms with Crippen LogP contribution in [0.2, 0.25) is 0 Å². The lowest BCUT2D eigenvalue weighted by Crippen LogP contribution is -2.30. The Morgan fingerprint density at radius 3 is 0.912 bits per heavy atom.